The summed E-state index contributed by atoms with van der Waals surface area (Å²) in [6, 6.07) is 6.99. The van der Waals surface area contributed by atoms with Crippen LogP contribution in [0.25, 0.3) is 33.1 Å². The molecule has 0 spiro atoms. The van der Waals surface area contributed by atoms with E-state index in [-0.39, 0.29) is 23.7 Å². The molecular weight excluding hydrogens is 435 g/mol. The van der Waals surface area contributed by atoms with E-state index in [9.17, 15) is 4.79 Å². The van der Waals surface area contributed by atoms with Crippen molar-refractivity contribution in [3.05, 3.63) is 53.0 Å². The standard InChI is InChI=1S/C25H29FN6O2/c1-30(2)8-7-27-23-6-5-15(13-29-23)18-11-19-21(12-20(18)26)28-14-22-24(19)32(25(33)31(22)3)16-9-17(10-16)34-4/h5-6,11-14,16-17H,7-10H2,1-4H3,(H,27,29). The number of hydrogen-bond acceptors (Lipinski definition) is 6. The van der Waals surface area contributed by atoms with Crippen LogP contribution in [0.3, 0.4) is 0 Å². The van der Waals surface area contributed by atoms with Crippen LogP contribution in [0.5, 0.6) is 0 Å². The molecule has 5 rings (SSSR count). The molecule has 0 bridgehead atoms. The van der Waals surface area contributed by atoms with Gasteiger partial charge in [-0.1, -0.05) is 0 Å². The van der Waals surface area contributed by atoms with Gasteiger partial charge in [0.15, 0.2) is 0 Å². The third-order valence-electron chi connectivity index (χ3n) is 6.71. The quantitative estimate of drug-likeness (QED) is 0.452. The number of nitrogens with zero attached hydrogens (tertiary/aromatic N) is 5. The number of imidazole rings is 1. The van der Waals surface area contributed by atoms with Gasteiger partial charge in [0.25, 0.3) is 0 Å². The minimum absolute atomic E-state index is 0.0504. The molecule has 1 fully saturated rings. The van der Waals surface area contributed by atoms with Crippen molar-refractivity contribution in [1.29, 1.82) is 0 Å². The summed E-state index contributed by atoms with van der Waals surface area (Å²) in [4.78, 5) is 24.1. The van der Waals surface area contributed by atoms with Crippen LogP contribution in [0, 0.1) is 5.82 Å². The molecule has 0 radical (unpaired) electrons. The first-order chi connectivity index (χ1) is 16.4. The van der Waals surface area contributed by atoms with Gasteiger partial charge in [0.1, 0.15) is 11.6 Å². The smallest absolute Gasteiger partial charge is 0.329 e. The monoisotopic (exact) mass is 464 g/mol. The Hall–Kier alpha value is -3.30. The molecule has 1 N–H and O–H groups in total. The van der Waals surface area contributed by atoms with Crippen molar-refractivity contribution >= 4 is 27.8 Å². The molecule has 8 nitrogen and oxygen atoms in total. The molecular formula is C25H29FN6O2. The lowest BCUT2D eigenvalue weighted by Gasteiger charge is -2.34. The van der Waals surface area contributed by atoms with E-state index in [1.54, 1.807) is 37.2 Å². The van der Waals surface area contributed by atoms with Crippen molar-refractivity contribution in [2.24, 2.45) is 7.05 Å². The Morgan fingerprint density at radius 3 is 2.68 bits per heavy atom. The van der Waals surface area contributed by atoms with Crippen molar-refractivity contribution in [2.75, 3.05) is 39.6 Å². The number of nitrogens with one attached hydrogen (secondary N) is 1. The average Bonchev–Trinajstić information content (AvgIpc) is 3.04. The van der Waals surface area contributed by atoms with Crippen LogP contribution in [0.15, 0.2) is 41.5 Å². The number of methoxy groups -OCH3 is 1. The van der Waals surface area contributed by atoms with Crippen LogP contribution in [0.4, 0.5) is 10.2 Å². The van der Waals surface area contributed by atoms with Gasteiger partial charge in [0.05, 0.1) is 28.9 Å². The van der Waals surface area contributed by atoms with E-state index < -0.39 is 0 Å². The highest BCUT2D eigenvalue weighted by atomic mass is 19.1. The molecule has 3 heterocycles. The number of likely N-dealkylation sites (N-methyl/N-ethyl adjacent to an activating group) is 1. The van der Waals surface area contributed by atoms with Crippen LogP contribution in [-0.2, 0) is 11.8 Å². The highest BCUT2D eigenvalue weighted by molar-refractivity contribution is 6.04. The fourth-order valence-electron chi connectivity index (χ4n) is 4.61. The number of ether oxygens (including phenoxy) is 1. The molecule has 3 aromatic heterocycles. The zero-order valence-electron chi connectivity index (χ0n) is 19.9. The largest absolute Gasteiger partial charge is 0.381 e. The molecule has 34 heavy (non-hydrogen) atoms. The van der Waals surface area contributed by atoms with Crippen LogP contribution >= 0.6 is 0 Å². The van der Waals surface area contributed by atoms with Gasteiger partial charge in [-0.05, 0) is 45.1 Å². The molecule has 0 saturated heterocycles. The Morgan fingerprint density at radius 1 is 1.21 bits per heavy atom. The van der Waals surface area contributed by atoms with E-state index >= 15 is 4.39 Å². The van der Waals surface area contributed by atoms with E-state index in [2.05, 4.69) is 20.2 Å². The minimum atomic E-state index is -0.373. The molecule has 0 unspecified atom stereocenters. The second-order valence-corrected chi connectivity index (χ2v) is 9.20. The second kappa shape index (κ2) is 8.81. The Balaban J connectivity index is 1.58. The topological polar surface area (TPSA) is 77.2 Å². The normalized spacial score (nSPS) is 18.1. The van der Waals surface area contributed by atoms with Crippen LogP contribution in [0.1, 0.15) is 18.9 Å². The highest BCUT2D eigenvalue weighted by Gasteiger charge is 2.33. The van der Waals surface area contributed by atoms with Crippen molar-refractivity contribution < 1.29 is 9.13 Å². The maximum absolute atomic E-state index is 15.1. The minimum Gasteiger partial charge on any atom is -0.381 e. The zero-order chi connectivity index (χ0) is 24.0. The summed E-state index contributed by atoms with van der Waals surface area (Å²) in [6.45, 7) is 1.65. The molecule has 0 atom stereocenters. The Kier molecular flexibility index (Phi) is 5.83. The van der Waals surface area contributed by atoms with Gasteiger partial charge in [0, 0.05) is 62.1 Å². The first-order valence-electron chi connectivity index (χ1n) is 11.4. The molecule has 0 aliphatic heterocycles. The van der Waals surface area contributed by atoms with E-state index in [1.807, 2.05) is 30.8 Å². The Morgan fingerprint density at radius 2 is 2.00 bits per heavy atom. The zero-order valence-corrected chi connectivity index (χ0v) is 19.9. The number of halogens is 1. The number of anilines is 1. The third kappa shape index (κ3) is 3.84. The lowest BCUT2D eigenvalue weighted by atomic mass is 9.89. The third-order valence-corrected chi connectivity index (χ3v) is 6.71. The van der Waals surface area contributed by atoms with E-state index in [4.69, 9.17) is 4.74 Å². The number of benzene rings is 1. The lowest BCUT2D eigenvalue weighted by molar-refractivity contribution is 0.00635. The average molecular weight is 465 g/mol. The summed E-state index contributed by atoms with van der Waals surface area (Å²) in [5.74, 6) is 0.368. The number of fused-ring (bicyclic) bond motifs is 3. The highest BCUT2D eigenvalue weighted by Crippen LogP contribution is 2.38. The first kappa shape index (κ1) is 22.5. The summed E-state index contributed by atoms with van der Waals surface area (Å²) in [6.07, 6.45) is 5.03. The Bertz CT molecular complexity index is 1400. The van der Waals surface area contributed by atoms with Crippen LogP contribution in [0.2, 0.25) is 0 Å². The van der Waals surface area contributed by atoms with Gasteiger partial charge in [-0.25, -0.2) is 14.2 Å². The van der Waals surface area contributed by atoms with Crippen molar-refractivity contribution in [2.45, 2.75) is 25.0 Å². The summed E-state index contributed by atoms with van der Waals surface area (Å²) in [5, 5.41) is 4.02. The van der Waals surface area contributed by atoms with Crippen molar-refractivity contribution in [3.63, 3.8) is 0 Å². The lowest BCUT2D eigenvalue weighted by Crippen LogP contribution is -2.37. The molecule has 9 heteroatoms. The maximum atomic E-state index is 15.1. The fraction of sp³-hybridized carbons (Fsp3) is 0.400. The number of rotatable bonds is 7. The number of pyridine rings is 2. The van der Waals surface area contributed by atoms with Gasteiger partial charge in [-0.2, -0.15) is 0 Å². The fourth-order valence-corrected chi connectivity index (χ4v) is 4.61. The summed E-state index contributed by atoms with van der Waals surface area (Å²) in [7, 11) is 7.47. The predicted octanol–water partition coefficient (Wildman–Crippen LogP) is 3.41. The molecule has 178 valence electrons. The van der Waals surface area contributed by atoms with Gasteiger partial charge >= 0.3 is 5.69 Å². The predicted molar refractivity (Wildman–Crippen MR) is 132 cm³/mol. The molecule has 1 aliphatic carbocycles. The van der Waals surface area contributed by atoms with Crippen LogP contribution < -0.4 is 11.0 Å². The molecule has 1 aromatic carbocycles. The number of aromatic nitrogens is 4. The summed E-state index contributed by atoms with van der Waals surface area (Å²) >= 11 is 0. The first-order valence-corrected chi connectivity index (χ1v) is 11.4. The van der Waals surface area contributed by atoms with Crippen molar-refractivity contribution in [1.82, 2.24) is 24.0 Å². The number of aryl methyl sites for hydroxylation is 1. The van der Waals surface area contributed by atoms with E-state index in [1.165, 1.54) is 6.07 Å². The summed E-state index contributed by atoms with van der Waals surface area (Å²) < 4.78 is 24.0. The van der Waals surface area contributed by atoms with Crippen LogP contribution in [-0.4, -0.2) is 64.4 Å². The summed E-state index contributed by atoms with van der Waals surface area (Å²) in [5.41, 5.74) is 3.04. The van der Waals surface area contributed by atoms with Gasteiger partial charge in [-0.3, -0.25) is 14.1 Å². The molecule has 1 saturated carbocycles. The SMILES string of the molecule is COC1CC(n2c(=O)n(C)c3cnc4cc(F)c(-c5ccc(NCCN(C)C)nc5)cc4c32)C1. The van der Waals surface area contributed by atoms with E-state index in [0.29, 0.717) is 16.6 Å². The maximum Gasteiger partial charge on any atom is 0.329 e. The van der Waals surface area contributed by atoms with Gasteiger partial charge in [-0.15, -0.1) is 0 Å². The Labute approximate surface area is 197 Å². The number of hydrogen-bond donors (Lipinski definition) is 1. The second-order valence-electron chi connectivity index (χ2n) is 9.20. The molecule has 4 aromatic rings. The van der Waals surface area contributed by atoms with Crippen molar-refractivity contribution in [3.8, 4) is 11.1 Å². The van der Waals surface area contributed by atoms with E-state index in [0.717, 1.165) is 48.2 Å². The van der Waals surface area contributed by atoms with Gasteiger partial charge in [0.2, 0.25) is 0 Å². The van der Waals surface area contributed by atoms with Gasteiger partial charge < -0.3 is 15.0 Å². The molecule has 0 amide bonds. The molecule has 1 aliphatic rings.